The summed E-state index contributed by atoms with van der Waals surface area (Å²) in [6.07, 6.45) is 2.40. The van der Waals surface area contributed by atoms with Gasteiger partial charge in [0.2, 0.25) is 5.90 Å². The van der Waals surface area contributed by atoms with Crippen molar-refractivity contribution in [3.05, 3.63) is 18.0 Å². The molecule has 1 aliphatic heterocycles. The minimum atomic E-state index is -1.15. The van der Waals surface area contributed by atoms with Crippen LogP contribution in [-0.4, -0.2) is 61.0 Å². The third kappa shape index (κ3) is 3.94. The third-order valence-corrected chi connectivity index (χ3v) is 3.39. The van der Waals surface area contributed by atoms with Gasteiger partial charge in [-0.3, -0.25) is 0 Å². The summed E-state index contributed by atoms with van der Waals surface area (Å²) < 4.78 is 20.9. The number of aromatic nitrogens is 1. The van der Waals surface area contributed by atoms with Crippen molar-refractivity contribution in [1.82, 2.24) is 4.98 Å². The fraction of sp³-hybridized carbons (Fsp3) is 0.562. The van der Waals surface area contributed by atoms with Gasteiger partial charge in [0.25, 0.3) is 0 Å². The number of carbonyl (C=O) groups excluding carboxylic acids is 1. The maximum absolute atomic E-state index is 11.8. The molecule has 2 rings (SSSR count). The van der Waals surface area contributed by atoms with Crippen LogP contribution in [0, 0.1) is 0 Å². The van der Waals surface area contributed by atoms with Crippen molar-refractivity contribution in [1.29, 1.82) is 0 Å². The van der Waals surface area contributed by atoms with Crippen LogP contribution in [0.25, 0.3) is 0 Å². The minimum absolute atomic E-state index is 0.0199. The van der Waals surface area contributed by atoms with Crippen molar-refractivity contribution in [2.75, 3.05) is 33.5 Å². The fourth-order valence-electron chi connectivity index (χ4n) is 2.11. The molecule has 1 aromatic rings. The molecule has 8 heteroatoms. The lowest BCUT2D eigenvalue weighted by Gasteiger charge is -2.13. The standard InChI is InChI=1S/C16H22N2O6/c1-4-7-22-8-9-23-11-5-6-17-12(13(11)19)14-18-16(2,10-24-14)15(20)21-3/h5-6,19H,4,7-10H2,1-3H3/t16-/m1/s1. The van der Waals surface area contributed by atoms with E-state index in [2.05, 4.69) is 9.98 Å². The summed E-state index contributed by atoms with van der Waals surface area (Å²) in [5, 5.41) is 10.3. The average molecular weight is 338 g/mol. The van der Waals surface area contributed by atoms with E-state index in [4.69, 9.17) is 18.9 Å². The van der Waals surface area contributed by atoms with E-state index < -0.39 is 11.5 Å². The number of hydrogen-bond donors (Lipinski definition) is 1. The Labute approximate surface area is 140 Å². The molecule has 0 aliphatic carbocycles. The first-order valence-corrected chi connectivity index (χ1v) is 7.71. The van der Waals surface area contributed by atoms with Gasteiger partial charge in [-0.2, -0.15) is 0 Å². The SMILES string of the molecule is CCCOCCOc1ccnc(C2=N[C@@](C)(C(=O)OC)CO2)c1O. The van der Waals surface area contributed by atoms with E-state index in [-0.39, 0.29) is 29.7 Å². The van der Waals surface area contributed by atoms with Gasteiger partial charge in [-0.25, -0.2) is 14.8 Å². The molecule has 1 aliphatic rings. The molecule has 2 heterocycles. The van der Waals surface area contributed by atoms with Crippen molar-refractivity contribution >= 4 is 11.9 Å². The van der Waals surface area contributed by atoms with E-state index in [0.29, 0.717) is 19.8 Å². The fourth-order valence-corrected chi connectivity index (χ4v) is 2.11. The van der Waals surface area contributed by atoms with Crippen molar-refractivity contribution in [2.24, 2.45) is 4.99 Å². The predicted octanol–water partition coefficient (Wildman–Crippen LogP) is 1.30. The quantitative estimate of drug-likeness (QED) is 0.563. The summed E-state index contributed by atoms with van der Waals surface area (Å²) in [7, 11) is 1.28. The van der Waals surface area contributed by atoms with E-state index in [1.165, 1.54) is 19.4 Å². The van der Waals surface area contributed by atoms with E-state index in [1.54, 1.807) is 6.92 Å². The Hall–Kier alpha value is -2.35. The normalized spacial score (nSPS) is 19.5. The zero-order valence-corrected chi connectivity index (χ0v) is 14.1. The molecule has 0 bridgehead atoms. The summed E-state index contributed by atoms with van der Waals surface area (Å²) >= 11 is 0. The molecular formula is C16H22N2O6. The maximum Gasteiger partial charge on any atom is 0.337 e. The van der Waals surface area contributed by atoms with Crippen LogP contribution < -0.4 is 4.74 Å². The average Bonchev–Trinajstić information content (AvgIpc) is 2.98. The van der Waals surface area contributed by atoms with E-state index in [0.717, 1.165) is 6.42 Å². The van der Waals surface area contributed by atoms with Crippen LogP contribution in [0.4, 0.5) is 0 Å². The number of nitrogens with zero attached hydrogens (tertiary/aromatic N) is 2. The molecule has 0 aromatic carbocycles. The van der Waals surface area contributed by atoms with Gasteiger partial charge in [0, 0.05) is 18.9 Å². The molecule has 1 atom stereocenters. The Morgan fingerprint density at radius 3 is 2.92 bits per heavy atom. The number of pyridine rings is 1. The van der Waals surface area contributed by atoms with Crippen LogP contribution in [0.3, 0.4) is 0 Å². The molecule has 8 nitrogen and oxygen atoms in total. The summed E-state index contributed by atoms with van der Waals surface area (Å²) in [5.74, 6) is -0.385. The molecular weight excluding hydrogens is 316 g/mol. The van der Waals surface area contributed by atoms with Crippen molar-refractivity contribution < 1.29 is 28.8 Å². The first-order chi connectivity index (χ1) is 11.5. The van der Waals surface area contributed by atoms with Gasteiger partial charge in [-0.1, -0.05) is 6.92 Å². The van der Waals surface area contributed by atoms with E-state index in [1.807, 2.05) is 6.92 Å². The lowest BCUT2D eigenvalue weighted by atomic mass is 10.1. The van der Waals surface area contributed by atoms with Gasteiger partial charge in [-0.15, -0.1) is 0 Å². The van der Waals surface area contributed by atoms with Gasteiger partial charge in [0.15, 0.2) is 22.7 Å². The maximum atomic E-state index is 11.8. The van der Waals surface area contributed by atoms with Gasteiger partial charge in [0.1, 0.15) is 13.2 Å². The molecule has 0 saturated carbocycles. The van der Waals surface area contributed by atoms with Crippen LogP contribution in [0.15, 0.2) is 17.3 Å². The Morgan fingerprint density at radius 2 is 2.21 bits per heavy atom. The van der Waals surface area contributed by atoms with Gasteiger partial charge >= 0.3 is 5.97 Å². The topological polar surface area (TPSA) is 99.5 Å². The van der Waals surface area contributed by atoms with Gasteiger partial charge in [-0.05, 0) is 13.3 Å². The Bertz CT molecular complexity index is 619. The number of aliphatic imine (C=N–C) groups is 1. The Morgan fingerprint density at radius 1 is 1.42 bits per heavy atom. The van der Waals surface area contributed by atoms with Gasteiger partial charge < -0.3 is 24.1 Å². The number of aromatic hydroxyl groups is 1. The third-order valence-electron chi connectivity index (χ3n) is 3.39. The molecule has 0 spiro atoms. The molecule has 0 amide bonds. The van der Waals surface area contributed by atoms with Crippen LogP contribution in [-0.2, 0) is 19.0 Å². The number of ether oxygens (including phenoxy) is 4. The summed E-state index contributed by atoms with van der Waals surface area (Å²) in [6.45, 7) is 5.01. The van der Waals surface area contributed by atoms with Crippen LogP contribution in [0.2, 0.25) is 0 Å². The first-order valence-electron chi connectivity index (χ1n) is 7.71. The molecule has 24 heavy (non-hydrogen) atoms. The largest absolute Gasteiger partial charge is 0.503 e. The smallest absolute Gasteiger partial charge is 0.337 e. The van der Waals surface area contributed by atoms with Crippen molar-refractivity contribution in [3.63, 3.8) is 0 Å². The lowest BCUT2D eigenvalue weighted by molar-refractivity contribution is -0.146. The molecule has 1 aromatic heterocycles. The second-order valence-corrected chi connectivity index (χ2v) is 5.44. The van der Waals surface area contributed by atoms with E-state index >= 15 is 0 Å². The summed E-state index contributed by atoms with van der Waals surface area (Å²) in [5.41, 5.74) is -1.03. The number of methoxy groups -OCH3 is 1. The summed E-state index contributed by atoms with van der Waals surface area (Å²) in [6, 6.07) is 1.54. The number of carbonyl (C=O) groups is 1. The van der Waals surface area contributed by atoms with Gasteiger partial charge in [0.05, 0.1) is 13.7 Å². The van der Waals surface area contributed by atoms with Crippen molar-refractivity contribution in [2.45, 2.75) is 25.8 Å². The molecule has 1 N–H and O–H groups in total. The zero-order chi connectivity index (χ0) is 17.6. The number of hydrogen-bond acceptors (Lipinski definition) is 8. The van der Waals surface area contributed by atoms with Crippen LogP contribution in [0.1, 0.15) is 26.0 Å². The highest BCUT2D eigenvalue weighted by Gasteiger charge is 2.41. The zero-order valence-electron chi connectivity index (χ0n) is 14.1. The highest BCUT2D eigenvalue weighted by atomic mass is 16.5. The first kappa shape index (κ1) is 18.0. The Balaban J connectivity index is 2.10. The predicted molar refractivity (Wildman–Crippen MR) is 85.4 cm³/mol. The molecule has 0 saturated heterocycles. The second-order valence-electron chi connectivity index (χ2n) is 5.44. The second kappa shape index (κ2) is 7.96. The number of rotatable bonds is 8. The van der Waals surface area contributed by atoms with E-state index in [9.17, 15) is 9.90 Å². The highest BCUT2D eigenvalue weighted by Crippen LogP contribution is 2.31. The highest BCUT2D eigenvalue weighted by molar-refractivity contribution is 5.99. The molecule has 0 unspecified atom stereocenters. The van der Waals surface area contributed by atoms with Crippen LogP contribution in [0.5, 0.6) is 11.5 Å². The molecule has 132 valence electrons. The lowest BCUT2D eigenvalue weighted by Crippen LogP contribution is -2.35. The summed E-state index contributed by atoms with van der Waals surface area (Å²) in [4.78, 5) is 20.0. The van der Waals surface area contributed by atoms with Crippen LogP contribution >= 0.6 is 0 Å². The Kier molecular flexibility index (Phi) is 5.97. The number of esters is 1. The van der Waals surface area contributed by atoms with Crippen molar-refractivity contribution in [3.8, 4) is 11.5 Å². The molecule has 0 radical (unpaired) electrons. The monoisotopic (exact) mass is 338 g/mol. The molecule has 0 fully saturated rings. The minimum Gasteiger partial charge on any atom is -0.503 e.